The summed E-state index contributed by atoms with van der Waals surface area (Å²) in [4.78, 5) is 11.6. The number of para-hydroxylation sites is 1. The first-order valence-electron chi connectivity index (χ1n) is 7.24. The van der Waals surface area contributed by atoms with Crippen molar-refractivity contribution >= 4 is 5.78 Å². The monoisotopic (exact) mass is 278 g/mol. The summed E-state index contributed by atoms with van der Waals surface area (Å²) >= 11 is 0. The molecule has 1 aliphatic rings. The van der Waals surface area contributed by atoms with Gasteiger partial charge in [-0.3, -0.25) is 4.79 Å². The highest BCUT2D eigenvalue weighted by atomic mass is 19.1. The number of halogens is 1. The van der Waals surface area contributed by atoms with Crippen molar-refractivity contribution < 1.29 is 13.9 Å². The molecule has 0 amide bonds. The topological polar surface area (TPSA) is 26.3 Å². The summed E-state index contributed by atoms with van der Waals surface area (Å²) in [5.41, 5.74) is 0.533. The first kappa shape index (κ1) is 15.0. The molecule has 1 aliphatic carbocycles. The van der Waals surface area contributed by atoms with Gasteiger partial charge in [0.1, 0.15) is 0 Å². The van der Waals surface area contributed by atoms with Gasteiger partial charge in [-0.05, 0) is 49.7 Å². The van der Waals surface area contributed by atoms with Crippen LogP contribution in [0.25, 0.3) is 0 Å². The van der Waals surface area contributed by atoms with Crippen molar-refractivity contribution in [1.29, 1.82) is 0 Å². The predicted molar refractivity (Wildman–Crippen MR) is 77.6 cm³/mol. The van der Waals surface area contributed by atoms with Gasteiger partial charge < -0.3 is 4.74 Å². The molecule has 0 spiro atoms. The van der Waals surface area contributed by atoms with E-state index in [-0.39, 0.29) is 23.1 Å². The molecule has 0 aliphatic heterocycles. The number of Topliss-reactive ketones (excluding diaryl/α,β-unsaturated/α-hetero) is 1. The summed E-state index contributed by atoms with van der Waals surface area (Å²) in [7, 11) is 0. The molecule has 3 heteroatoms. The van der Waals surface area contributed by atoms with E-state index in [0.717, 1.165) is 19.3 Å². The molecule has 1 aromatic carbocycles. The number of hydrogen-bond donors (Lipinski definition) is 0. The van der Waals surface area contributed by atoms with E-state index in [0.29, 0.717) is 11.5 Å². The maximum Gasteiger partial charge on any atom is 0.166 e. The number of ether oxygens (including phenoxy) is 1. The third-order valence-electron chi connectivity index (χ3n) is 3.98. The van der Waals surface area contributed by atoms with E-state index in [1.165, 1.54) is 13.0 Å². The third kappa shape index (κ3) is 3.38. The summed E-state index contributed by atoms with van der Waals surface area (Å²) < 4.78 is 19.9. The van der Waals surface area contributed by atoms with Gasteiger partial charge in [-0.2, -0.15) is 0 Å². The molecule has 0 saturated heterocycles. The molecular weight excluding hydrogens is 255 g/mol. The second-order valence-electron chi connectivity index (χ2n) is 6.83. The molecule has 1 aromatic rings. The van der Waals surface area contributed by atoms with Crippen molar-refractivity contribution in [3.63, 3.8) is 0 Å². The minimum absolute atomic E-state index is 0.0243. The molecule has 0 radical (unpaired) electrons. The zero-order chi connectivity index (χ0) is 14.9. The van der Waals surface area contributed by atoms with Crippen LogP contribution in [0.3, 0.4) is 0 Å². The average Bonchev–Trinajstić information content (AvgIpc) is 2.28. The van der Waals surface area contributed by atoms with Crippen LogP contribution in [0.15, 0.2) is 18.2 Å². The molecule has 0 aromatic heterocycles. The van der Waals surface area contributed by atoms with Gasteiger partial charge in [0.15, 0.2) is 17.3 Å². The lowest BCUT2D eigenvalue weighted by Gasteiger charge is -2.39. The van der Waals surface area contributed by atoms with Crippen LogP contribution >= 0.6 is 0 Å². The maximum absolute atomic E-state index is 14.0. The second-order valence-corrected chi connectivity index (χ2v) is 6.83. The molecule has 2 nitrogen and oxygen atoms in total. The first-order chi connectivity index (χ1) is 9.28. The normalized spacial score (nSPS) is 25.2. The van der Waals surface area contributed by atoms with Crippen LogP contribution in [-0.4, -0.2) is 11.9 Å². The van der Waals surface area contributed by atoms with Crippen molar-refractivity contribution in [1.82, 2.24) is 0 Å². The Kier molecular flexibility index (Phi) is 4.17. The minimum Gasteiger partial charge on any atom is -0.487 e. The predicted octanol–water partition coefficient (Wildman–Crippen LogP) is 4.62. The molecule has 0 bridgehead atoms. The molecule has 1 fully saturated rings. The Morgan fingerprint density at radius 2 is 2.05 bits per heavy atom. The largest absolute Gasteiger partial charge is 0.487 e. The minimum atomic E-state index is -0.450. The fourth-order valence-corrected chi connectivity index (χ4v) is 3.42. The highest BCUT2D eigenvalue weighted by molar-refractivity contribution is 5.96. The summed E-state index contributed by atoms with van der Waals surface area (Å²) in [5.74, 6) is 0.0579. The summed E-state index contributed by atoms with van der Waals surface area (Å²) in [6, 6.07) is 4.52. The molecule has 110 valence electrons. The van der Waals surface area contributed by atoms with Gasteiger partial charge in [-0.25, -0.2) is 4.39 Å². The third-order valence-corrected chi connectivity index (χ3v) is 3.98. The van der Waals surface area contributed by atoms with Crippen molar-refractivity contribution in [3.05, 3.63) is 29.6 Å². The van der Waals surface area contributed by atoms with E-state index in [4.69, 9.17) is 4.74 Å². The van der Waals surface area contributed by atoms with Crippen LogP contribution in [-0.2, 0) is 0 Å². The fraction of sp³-hybridized carbons (Fsp3) is 0.588. The Morgan fingerprint density at radius 3 is 2.65 bits per heavy atom. The number of benzene rings is 1. The highest BCUT2D eigenvalue weighted by Gasteiger charge is 2.34. The van der Waals surface area contributed by atoms with E-state index in [1.54, 1.807) is 12.1 Å². The Hall–Kier alpha value is -1.38. The van der Waals surface area contributed by atoms with Crippen molar-refractivity contribution in [2.24, 2.45) is 11.3 Å². The van der Waals surface area contributed by atoms with Gasteiger partial charge in [0.2, 0.25) is 0 Å². The zero-order valence-corrected chi connectivity index (χ0v) is 12.7. The van der Waals surface area contributed by atoms with Crippen LogP contribution in [0.2, 0.25) is 0 Å². The molecule has 0 N–H and O–H groups in total. The van der Waals surface area contributed by atoms with Gasteiger partial charge in [-0.1, -0.05) is 26.8 Å². The van der Waals surface area contributed by atoms with Gasteiger partial charge in [0, 0.05) is 0 Å². The van der Waals surface area contributed by atoms with E-state index in [2.05, 4.69) is 20.8 Å². The number of hydrogen-bond acceptors (Lipinski definition) is 2. The van der Waals surface area contributed by atoms with Crippen molar-refractivity contribution in [3.8, 4) is 5.75 Å². The Labute approximate surface area is 120 Å². The summed E-state index contributed by atoms with van der Waals surface area (Å²) in [6.45, 7) is 8.07. The highest BCUT2D eigenvalue weighted by Crippen LogP contribution is 2.40. The van der Waals surface area contributed by atoms with Crippen LogP contribution in [0.1, 0.15) is 57.3 Å². The molecule has 2 unspecified atom stereocenters. The van der Waals surface area contributed by atoms with E-state index < -0.39 is 5.82 Å². The molecule has 2 rings (SSSR count). The Balaban J connectivity index is 2.24. The quantitative estimate of drug-likeness (QED) is 0.754. The van der Waals surface area contributed by atoms with Crippen LogP contribution in [0.5, 0.6) is 5.75 Å². The Bertz CT molecular complexity index is 508. The lowest BCUT2D eigenvalue weighted by molar-refractivity contribution is 0.0528. The van der Waals surface area contributed by atoms with Gasteiger partial charge >= 0.3 is 0 Å². The number of carbonyl (C=O) groups excluding carboxylic acids is 1. The van der Waals surface area contributed by atoms with Crippen LogP contribution < -0.4 is 4.74 Å². The lowest BCUT2D eigenvalue weighted by Crippen LogP contribution is -2.34. The van der Waals surface area contributed by atoms with Gasteiger partial charge in [-0.15, -0.1) is 0 Å². The molecular formula is C17H23FO2. The number of carbonyl (C=O) groups is 1. The molecule has 2 atom stereocenters. The number of rotatable bonds is 3. The SMILES string of the molecule is CC(=O)c1cccc(F)c1OC1CC(C)CC(C)(C)C1. The van der Waals surface area contributed by atoms with E-state index in [1.807, 2.05) is 0 Å². The zero-order valence-electron chi connectivity index (χ0n) is 12.7. The first-order valence-corrected chi connectivity index (χ1v) is 7.24. The molecule has 1 saturated carbocycles. The average molecular weight is 278 g/mol. The lowest BCUT2D eigenvalue weighted by atomic mass is 9.71. The van der Waals surface area contributed by atoms with E-state index >= 15 is 0 Å². The summed E-state index contributed by atoms with van der Waals surface area (Å²) in [6.07, 6.45) is 2.94. The smallest absolute Gasteiger partial charge is 0.166 e. The van der Waals surface area contributed by atoms with E-state index in [9.17, 15) is 9.18 Å². The van der Waals surface area contributed by atoms with Gasteiger partial charge in [0.05, 0.1) is 11.7 Å². The molecule has 0 heterocycles. The maximum atomic E-state index is 14.0. The second kappa shape index (κ2) is 5.55. The van der Waals surface area contributed by atoms with Crippen molar-refractivity contribution in [2.45, 2.75) is 53.1 Å². The van der Waals surface area contributed by atoms with Crippen LogP contribution in [0.4, 0.5) is 4.39 Å². The fourth-order valence-electron chi connectivity index (χ4n) is 3.42. The molecule has 20 heavy (non-hydrogen) atoms. The van der Waals surface area contributed by atoms with Crippen molar-refractivity contribution in [2.75, 3.05) is 0 Å². The van der Waals surface area contributed by atoms with Crippen LogP contribution in [0, 0.1) is 17.2 Å². The van der Waals surface area contributed by atoms with Gasteiger partial charge in [0.25, 0.3) is 0 Å². The summed E-state index contributed by atoms with van der Waals surface area (Å²) in [5, 5.41) is 0. The Morgan fingerprint density at radius 1 is 1.35 bits per heavy atom. The standard InChI is InChI=1S/C17H23FO2/c1-11-8-13(10-17(3,4)9-11)20-16-14(12(2)19)6-5-7-15(16)18/h5-7,11,13H,8-10H2,1-4H3. The number of ketones is 1.